The molecule has 10 aromatic rings. The molecular formula is C55H37N3. The number of aromatic nitrogens is 3. The Labute approximate surface area is 338 Å². The van der Waals surface area contributed by atoms with Gasteiger partial charge in [0.1, 0.15) is 0 Å². The molecule has 3 heteroatoms. The Kier molecular flexibility index (Phi) is 9.23. The summed E-state index contributed by atoms with van der Waals surface area (Å²) in [4.78, 5) is 15.5. The summed E-state index contributed by atoms with van der Waals surface area (Å²) < 4.78 is 0. The van der Waals surface area contributed by atoms with Crippen molar-refractivity contribution < 1.29 is 0 Å². The molecule has 0 unspecified atom stereocenters. The first-order valence-electron chi connectivity index (χ1n) is 19.6. The van der Waals surface area contributed by atoms with Crippen molar-refractivity contribution in [3.05, 3.63) is 224 Å². The lowest BCUT2D eigenvalue weighted by Crippen LogP contribution is -1.96. The molecule has 0 saturated heterocycles. The topological polar surface area (TPSA) is 38.7 Å². The maximum Gasteiger partial charge on any atom is 0.160 e. The monoisotopic (exact) mass is 739 g/mol. The third-order valence-electron chi connectivity index (χ3n) is 10.7. The summed E-state index contributed by atoms with van der Waals surface area (Å²) in [5, 5.41) is 1.09. The van der Waals surface area contributed by atoms with E-state index in [-0.39, 0.29) is 0 Å². The molecule has 3 nitrogen and oxygen atoms in total. The van der Waals surface area contributed by atoms with Crippen LogP contribution in [0, 0.1) is 0 Å². The van der Waals surface area contributed by atoms with Gasteiger partial charge in [0, 0.05) is 27.6 Å². The third kappa shape index (κ3) is 7.09. The van der Waals surface area contributed by atoms with E-state index in [0.29, 0.717) is 5.82 Å². The second-order valence-corrected chi connectivity index (χ2v) is 14.5. The summed E-state index contributed by atoms with van der Waals surface area (Å²) in [5.74, 6) is 0.686. The van der Waals surface area contributed by atoms with Gasteiger partial charge in [-0.25, -0.2) is 15.0 Å². The van der Waals surface area contributed by atoms with E-state index in [2.05, 4.69) is 188 Å². The smallest absolute Gasteiger partial charge is 0.160 e. The first kappa shape index (κ1) is 34.7. The molecule has 0 saturated carbocycles. The van der Waals surface area contributed by atoms with Gasteiger partial charge in [-0.2, -0.15) is 0 Å². The molecule has 0 atom stereocenters. The van der Waals surface area contributed by atoms with Crippen molar-refractivity contribution in [2.24, 2.45) is 0 Å². The minimum atomic E-state index is 0.686. The third-order valence-corrected chi connectivity index (χ3v) is 10.7. The zero-order chi connectivity index (χ0) is 38.7. The molecule has 8 aromatic carbocycles. The fraction of sp³-hybridized carbons (Fsp3) is 0. The van der Waals surface area contributed by atoms with Crippen LogP contribution in [0.25, 0.3) is 101 Å². The van der Waals surface area contributed by atoms with Gasteiger partial charge in [0.05, 0.1) is 22.6 Å². The Bertz CT molecular complexity index is 2960. The Balaban J connectivity index is 1.10. The summed E-state index contributed by atoms with van der Waals surface area (Å²) in [6.07, 6.45) is 0. The highest BCUT2D eigenvalue weighted by atomic mass is 14.9. The Morgan fingerprint density at radius 2 is 0.621 bits per heavy atom. The first-order chi connectivity index (χ1) is 28.7. The lowest BCUT2D eigenvalue weighted by molar-refractivity contribution is 1.18. The van der Waals surface area contributed by atoms with Crippen LogP contribution in [0.3, 0.4) is 0 Å². The molecule has 272 valence electrons. The molecule has 0 fully saturated rings. The van der Waals surface area contributed by atoms with Crippen molar-refractivity contribution in [1.29, 1.82) is 0 Å². The van der Waals surface area contributed by atoms with E-state index in [9.17, 15) is 0 Å². The summed E-state index contributed by atoms with van der Waals surface area (Å²) >= 11 is 0. The minimum Gasteiger partial charge on any atom is -0.248 e. The van der Waals surface area contributed by atoms with Crippen molar-refractivity contribution in [3.63, 3.8) is 0 Å². The zero-order valence-electron chi connectivity index (χ0n) is 31.7. The molecule has 0 bridgehead atoms. The lowest BCUT2D eigenvalue weighted by atomic mass is 9.93. The SMILES string of the molecule is c1ccc(-c2cccc(-c3ccc4nc(-c5cccc(-c6ccccc6)c5)cc(-c5ccc(-c6nc(-c7ccccc7)cc(-c7ccccc7)n6)cc5)c4c3)c2)cc1. The van der Waals surface area contributed by atoms with Crippen LogP contribution in [0.1, 0.15) is 0 Å². The van der Waals surface area contributed by atoms with Crippen molar-refractivity contribution >= 4 is 10.9 Å². The Morgan fingerprint density at radius 3 is 1.17 bits per heavy atom. The van der Waals surface area contributed by atoms with Crippen LogP contribution in [0.2, 0.25) is 0 Å². The summed E-state index contributed by atoms with van der Waals surface area (Å²) in [6.45, 7) is 0. The normalized spacial score (nSPS) is 11.1. The zero-order valence-corrected chi connectivity index (χ0v) is 31.7. The van der Waals surface area contributed by atoms with E-state index in [4.69, 9.17) is 15.0 Å². The highest BCUT2D eigenvalue weighted by Gasteiger charge is 2.15. The highest BCUT2D eigenvalue weighted by molar-refractivity contribution is 5.99. The van der Waals surface area contributed by atoms with E-state index < -0.39 is 0 Å². The average molecular weight is 740 g/mol. The van der Waals surface area contributed by atoms with Crippen LogP contribution in [0.5, 0.6) is 0 Å². The second kappa shape index (κ2) is 15.4. The van der Waals surface area contributed by atoms with Gasteiger partial charge < -0.3 is 0 Å². The average Bonchev–Trinajstić information content (AvgIpc) is 3.32. The summed E-state index contributed by atoms with van der Waals surface area (Å²) in [7, 11) is 0. The molecule has 2 aromatic heterocycles. The first-order valence-corrected chi connectivity index (χ1v) is 19.6. The van der Waals surface area contributed by atoms with Crippen LogP contribution in [0.15, 0.2) is 224 Å². The molecule has 0 radical (unpaired) electrons. The van der Waals surface area contributed by atoms with Crippen LogP contribution in [-0.4, -0.2) is 15.0 Å². The number of hydrogen-bond acceptors (Lipinski definition) is 3. The number of hydrogen-bond donors (Lipinski definition) is 0. The lowest BCUT2D eigenvalue weighted by Gasteiger charge is -2.14. The van der Waals surface area contributed by atoms with E-state index in [0.717, 1.165) is 78.1 Å². The van der Waals surface area contributed by atoms with Crippen molar-refractivity contribution in [2.75, 3.05) is 0 Å². The molecule has 0 N–H and O–H groups in total. The van der Waals surface area contributed by atoms with Gasteiger partial charge in [-0.15, -0.1) is 0 Å². The van der Waals surface area contributed by atoms with Gasteiger partial charge in [0.25, 0.3) is 0 Å². The van der Waals surface area contributed by atoms with E-state index in [1.165, 1.54) is 16.7 Å². The van der Waals surface area contributed by atoms with Crippen molar-refractivity contribution in [2.45, 2.75) is 0 Å². The molecule has 10 rings (SSSR count). The van der Waals surface area contributed by atoms with Gasteiger partial charge in [-0.05, 0) is 80.9 Å². The van der Waals surface area contributed by atoms with E-state index in [1.807, 2.05) is 36.4 Å². The molecule has 0 aliphatic rings. The van der Waals surface area contributed by atoms with Crippen LogP contribution in [0.4, 0.5) is 0 Å². The van der Waals surface area contributed by atoms with Gasteiger partial charge >= 0.3 is 0 Å². The minimum absolute atomic E-state index is 0.686. The number of benzene rings is 8. The van der Waals surface area contributed by atoms with Crippen LogP contribution in [-0.2, 0) is 0 Å². The van der Waals surface area contributed by atoms with Crippen LogP contribution >= 0.6 is 0 Å². The number of pyridine rings is 1. The molecule has 0 amide bonds. The quantitative estimate of drug-likeness (QED) is 0.156. The van der Waals surface area contributed by atoms with E-state index >= 15 is 0 Å². The van der Waals surface area contributed by atoms with Gasteiger partial charge in [-0.3, -0.25) is 0 Å². The predicted molar refractivity (Wildman–Crippen MR) is 241 cm³/mol. The molecule has 0 aliphatic carbocycles. The number of rotatable bonds is 8. The maximum atomic E-state index is 5.29. The largest absolute Gasteiger partial charge is 0.248 e. The van der Waals surface area contributed by atoms with Crippen molar-refractivity contribution in [1.82, 2.24) is 15.0 Å². The maximum absolute atomic E-state index is 5.29. The summed E-state index contributed by atoms with van der Waals surface area (Å²) in [5.41, 5.74) is 17.0. The predicted octanol–water partition coefficient (Wildman–Crippen LogP) is 14.4. The molecule has 0 spiro atoms. The number of fused-ring (bicyclic) bond motifs is 1. The molecule has 2 heterocycles. The Morgan fingerprint density at radius 1 is 0.224 bits per heavy atom. The van der Waals surface area contributed by atoms with E-state index in [1.54, 1.807) is 0 Å². The van der Waals surface area contributed by atoms with Crippen LogP contribution < -0.4 is 0 Å². The van der Waals surface area contributed by atoms with Gasteiger partial charge in [0.15, 0.2) is 5.82 Å². The highest BCUT2D eigenvalue weighted by Crippen LogP contribution is 2.37. The Hall–Kier alpha value is -7.75. The second-order valence-electron chi connectivity index (χ2n) is 14.5. The molecule has 0 aliphatic heterocycles. The molecule has 58 heavy (non-hydrogen) atoms. The fourth-order valence-electron chi connectivity index (χ4n) is 7.68. The van der Waals surface area contributed by atoms with Gasteiger partial charge in [0.2, 0.25) is 0 Å². The standard InChI is InChI=1S/C55H37N3/c1-5-15-38(16-6-1)44-23-13-25-46(33-44)47-31-32-51-50(35-47)49(36-52(56-51)48-26-14-24-45(34-48)39-17-7-2-8-18-39)40-27-29-43(30-28-40)55-57-53(41-19-9-3-10-20-41)37-54(58-55)42-21-11-4-12-22-42/h1-37H. The fourth-order valence-corrected chi connectivity index (χ4v) is 7.68. The number of nitrogens with zero attached hydrogens (tertiary/aromatic N) is 3. The van der Waals surface area contributed by atoms with Gasteiger partial charge in [-0.1, -0.05) is 188 Å². The summed E-state index contributed by atoms with van der Waals surface area (Å²) in [6, 6.07) is 78.8. The van der Waals surface area contributed by atoms with Crippen molar-refractivity contribution in [3.8, 4) is 89.7 Å². The molecular weight excluding hydrogens is 703 g/mol.